The summed E-state index contributed by atoms with van der Waals surface area (Å²) < 4.78 is 45.0. The van der Waals surface area contributed by atoms with Gasteiger partial charge in [-0.2, -0.15) is 0 Å². The number of likely N-dealkylation sites (tertiary alicyclic amines) is 6. The third-order valence-corrected chi connectivity index (χ3v) is 22.7. The van der Waals surface area contributed by atoms with Gasteiger partial charge in [-0.15, -0.1) is 0 Å². The Hall–Kier alpha value is -9.75. The van der Waals surface area contributed by atoms with E-state index in [1.165, 1.54) is 33.4 Å². The van der Waals surface area contributed by atoms with E-state index >= 15 is 0 Å². The molecule has 4 aromatic carbocycles. The van der Waals surface area contributed by atoms with E-state index in [4.69, 9.17) is 37.9 Å². The van der Waals surface area contributed by atoms with Crippen molar-refractivity contribution in [3.8, 4) is 0 Å². The molecule has 30 heteroatoms. The number of carbonyl (C=O) groups excluding carboxylic acids is 9. The van der Waals surface area contributed by atoms with Crippen LogP contribution in [0.15, 0.2) is 121 Å². The average molecular weight is 1680 g/mol. The molecule has 6 heterocycles. The molecule has 6 aliphatic rings. The summed E-state index contributed by atoms with van der Waals surface area (Å²) in [7, 11) is 0. The fourth-order valence-electron chi connectivity index (χ4n) is 16.8. The van der Waals surface area contributed by atoms with Gasteiger partial charge in [-0.3, -0.25) is 38.8 Å². The number of esters is 2. The zero-order valence-electron chi connectivity index (χ0n) is 73.4. The number of hydrogen-bond acceptors (Lipinski definition) is 22. The van der Waals surface area contributed by atoms with Gasteiger partial charge in [0.05, 0.1) is 63.2 Å². The van der Waals surface area contributed by atoms with Crippen molar-refractivity contribution >= 4 is 65.8 Å². The zero-order chi connectivity index (χ0) is 89.6. The van der Waals surface area contributed by atoms with Gasteiger partial charge >= 0.3 is 48.3 Å². The molecule has 0 aliphatic carbocycles. The van der Waals surface area contributed by atoms with Gasteiger partial charge in [0, 0.05) is 30.6 Å². The Kier molecular flexibility index (Phi) is 32.7. The molecular formula is C90H128N6O24. The van der Waals surface area contributed by atoms with Crippen molar-refractivity contribution in [2.24, 2.45) is 5.92 Å². The highest BCUT2D eigenvalue weighted by Crippen LogP contribution is 2.51. The molecule has 6 fully saturated rings. The number of aliphatic hydroxyl groups excluding tert-OH is 3. The summed E-state index contributed by atoms with van der Waals surface area (Å²) in [5.74, 6) is -5.62. The number of benzene rings is 4. The fourth-order valence-corrected chi connectivity index (χ4v) is 16.8. The average Bonchev–Trinajstić information content (AvgIpc) is 1.44. The summed E-state index contributed by atoms with van der Waals surface area (Å²) in [5, 5.41) is 48.8. The smallest absolute Gasteiger partial charge is 0.411 e. The Morgan fingerprint density at radius 1 is 0.417 bits per heavy atom. The van der Waals surface area contributed by atoms with Crippen LogP contribution < -0.4 is 0 Å². The van der Waals surface area contributed by atoms with E-state index in [1.54, 1.807) is 102 Å². The Balaban J connectivity index is 0.000000229. The van der Waals surface area contributed by atoms with Crippen molar-refractivity contribution in [1.82, 2.24) is 29.4 Å². The number of hydrogen-bond donors (Lipinski definition) is 5. The molecule has 0 aromatic heterocycles. The fraction of sp³-hybridized carbons (Fsp3) is 0.611. The molecule has 4 aromatic rings. The third kappa shape index (κ3) is 22.7. The molecular weight excluding hydrogens is 1550 g/mol. The molecule has 2 spiro atoms. The number of aliphatic hydroxyl groups is 3. The lowest BCUT2D eigenvalue weighted by Crippen LogP contribution is -2.81. The largest absolute Gasteiger partial charge is 0.480 e. The van der Waals surface area contributed by atoms with Crippen molar-refractivity contribution in [2.75, 3.05) is 19.8 Å². The van der Waals surface area contributed by atoms with Crippen molar-refractivity contribution < 1.29 is 116 Å². The first-order valence-corrected chi connectivity index (χ1v) is 41.3. The zero-order valence-corrected chi connectivity index (χ0v) is 73.4. The van der Waals surface area contributed by atoms with Crippen LogP contribution >= 0.6 is 0 Å². The first-order valence-electron chi connectivity index (χ1n) is 41.3. The molecule has 0 bridgehead atoms. The van der Waals surface area contributed by atoms with Crippen molar-refractivity contribution in [2.45, 2.75) is 328 Å². The lowest BCUT2D eigenvalue weighted by molar-refractivity contribution is -0.188. The summed E-state index contributed by atoms with van der Waals surface area (Å²) in [6.07, 6.45) is -1.20. The van der Waals surface area contributed by atoms with Crippen molar-refractivity contribution in [1.29, 1.82) is 0 Å². The minimum absolute atomic E-state index is 0.0172. The van der Waals surface area contributed by atoms with E-state index in [-0.39, 0.29) is 82.4 Å². The molecule has 30 nitrogen and oxygen atoms in total. The monoisotopic (exact) mass is 1680 g/mol. The molecule has 662 valence electrons. The van der Waals surface area contributed by atoms with Crippen LogP contribution in [0.3, 0.4) is 0 Å². The summed E-state index contributed by atoms with van der Waals surface area (Å²) in [4.78, 5) is 150. The lowest BCUT2D eigenvalue weighted by Gasteiger charge is -2.58. The highest BCUT2D eigenvalue weighted by Gasteiger charge is 2.71. The van der Waals surface area contributed by atoms with Gasteiger partial charge in [-0.25, -0.2) is 33.6 Å². The van der Waals surface area contributed by atoms with Crippen LogP contribution in [0, 0.1) is 5.92 Å². The topological polar surface area (TPSA) is 382 Å². The number of nitrogens with zero attached hydrogens (tertiary/aromatic N) is 6. The van der Waals surface area contributed by atoms with E-state index in [1.807, 2.05) is 149 Å². The van der Waals surface area contributed by atoms with Gasteiger partial charge in [-0.1, -0.05) is 121 Å². The number of β-lactam (4-membered cyclic amide) rings is 2. The maximum absolute atomic E-state index is 14.0. The molecule has 6 amide bonds. The predicted molar refractivity (Wildman–Crippen MR) is 442 cm³/mol. The SMILES string of the molecule is CC1CCC(C(=O)C[C@@H](COCc2ccccc2)C(=O)OCc2ccccc2)(C(C)O)N1C(=O)OC(C)(C)C.CC1CCC(C(=O)O)(C(C)O)N1C(=O)OC(C)(C)C.CC1CCC2(C(=O)N([C@@H](CO)C(=O)O)C2C)N1C(=O)OC(C)(C)C.CC1CCC2(C(=O)N([C@@H](COCc3ccccc3)C(=O)OCc3ccccc3)C2C)N1C(=O)OC(C)(C)C. The van der Waals surface area contributed by atoms with Gasteiger partial charge in [0.2, 0.25) is 0 Å². The number of carbonyl (C=O) groups is 11. The number of amides is 6. The van der Waals surface area contributed by atoms with Gasteiger partial charge < -0.3 is 73.2 Å². The van der Waals surface area contributed by atoms with Crippen molar-refractivity contribution in [3.63, 3.8) is 0 Å². The van der Waals surface area contributed by atoms with Crippen LogP contribution in [-0.2, 0) is 97.9 Å². The molecule has 5 N–H and O–H groups in total. The summed E-state index contributed by atoms with van der Waals surface area (Å²) in [5.41, 5.74) is -4.52. The number of aliphatic carboxylic acids is 2. The molecule has 12 unspecified atom stereocenters. The number of ether oxygens (including phenoxy) is 8. The molecule has 15 atom stereocenters. The molecule has 0 radical (unpaired) electrons. The van der Waals surface area contributed by atoms with Crippen LogP contribution in [0.25, 0.3) is 0 Å². The highest BCUT2D eigenvalue weighted by atomic mass is 16.6. The summed E-state index contributed by atoms with van der Waals surface area (Å²) >= 11 is 0. The van der Waals surface area contributed by atoms with Gasteiger partial charge in [-0.05, 0) is 212 Å². The second-order valence-corrected chi connectivity index (χ2v) is 36.1. The van der Waals surface area contributed by atoms with Gasteiger partial charge in [0.1, 0.15) is 52.2 Å². The van der Waals surface area contributed by atoms with Crippen LogP contribution in [0.2, 0.25) is 0 Å². The van der Waals surface area contributed by atoms with Crippen LogP contribution in [-0.4, -0.2) is 246 Å². The van der Waals surface area contributed by atoms with Gasteiger partial charge in [0.15, 0.2) is 23.4 Å². The Bertz CT molecular complexity index is 4170. The summed E-state index contributed by atoms with van der Waals surface area (Å²) in [6.45, 7) is 34.9. The standard InChI is InChI=1S/C31H41NO7.C30H38N2O6.C16H26N2O6.C13H23NO5/c1-22-16-17-31(23(2)33,32(22)29(36)39-30(3,4)5)27(34)18-26(21-37-19-24-12-8-6-9-13-24)28(35)38-20-25-14-10-7-11-15-25;1-21-16-17-30(32(21)28(35)38-29(3,4)5)22(2)31(27(30)34)25(20-36-18-23-12-8-6-9-13-23)26(33)37-19-24-14-10-7-11-15-24;1-9-6-7-16(18(9)14(23)24-15(3,4)5)10(2)17(13(16)22)11(8-19)12(20)21;1-8-6-7-13(9(2)15,10(16)17)14(8)11(18)19-12(3,4)5/h6-15,22-23,26,33H,16-21H2,1-5H3;6-15,21-22,25H,16-20H2,1-5H3;9-11,19H,6-8H2,1-5H3,(H,20,21);8-9,15H,6-7H2,1-5H3,(H,16,17)/t22?,23?,26-,31?;21?,22?,25-,30?;9?,10?,11-,16?;/m000./s1. The summed E-state index contributed by atoms with van der Waals surface area (Å²) in [6, 6.07) is 33.7. The first-order chi connectivity index (χ1) is 56.0. The van der Waals surface area contributed by atoms with E-state index in [2.05, 4.69) is 0 Å². The second kappa shape index (κ2) is 40.3. The third-order valence-electron chi connectivity index (χ3n) is 22.7. The van der Waals surface area contributed by atoms with E-state index in [9.17, 15) is 78.3 Å². The van der Waals surface area contributed by atoms with Crippen LogP contribution in [0.1, 0.15) is 219 Å². The van der Waals surface area contributed by atoms with Gasteiger partial charge in [0.25, 0.3) is 11.8 Å². The molecule has 6 aliphatic heterocycles. The predicted octanol–water partition coefficient (Wildman–Crippen LogP) is 12.2. The normalized spacial score (nSPS) is 25.1. The highest BCUT2D eigenvalue weighted by molar-refractivity contribution is 6.01. The Labute approximate surface area is 705 Å². The van der Waals surface area contributed by atoms with Crippen molar-refractivity contribution in [3.05, 3.63) is 144 Å². The minimum Gasteiger partial charge on any atom is -0.480 e. The molecule has 10 rings (SSSR count). The number of ketones is 1. The first kappa shape index (κ1) is 97.4. The van der Waals surface area contributed by atoms with E-state index in [0.29, 0.717) is 45.1 Å². The quantitative estimate of drug-likeness (QED) is 0.0247. The van der Waals surface area contributed by atoms with Crippen LogP contribution in [0.4, 0.5) is 19.2 Å². The number of carboxylic acids is 2. The van der Waals surface area contributed by atoms with E-state index in [0.717, 1.165) is 27.2 Å². The molecule has 0 saturated carbocycles. The minimum atomic E-state index is -1.60. The Morgan fingerprint density at radius 2 is 0.717 bits per heavy atom. The number of Topliss-reactive ketones (excluding diaryl/α,β-unsaturated/α-hetero) is 1. The lowest BCUT2D eigenvalue weighted by atomic mass is 9.76. The Morgan fingerprint density at radius 3 is 1.04 bits per heavy atom. The maximum atomic E-state index is 14.0. The molecule has 120 heavy (non-hydrogen) atoms. The second-order valence-electron chi connectivity index (χ2n) is 36.1. The van der Waals surface area contributed by atoms with Crippen LogP contribution in [0.5, 0.6) is 0 Å². The number of carboxylic acid groups (broad SMARTS) is 2. The molecule has 6 saturated heterocycles. The van der Waals surface area contributed by atoms with E-state index < -0.39 is 153 Å². The maximum Gasteiger partial charge on any atom is 0.411 e. The number of rotatable bonds is 24.